The van der Waals surface area contributed by atoms with Gasteiger partial charge in [-0.25, -0.2) is 9.67 Å². The molecule has 12 heteroatoms. The lowest BCUT2D eigenvalue weighted by Crippen LogP contribution is -2.18. The molecule has 1 aliphatic rings. The van der Waals surface area contributed by atoms with Gasteiger partial charge in [-0.3, -0.25) is 9.59 Å². The van der Waals surface area contributed by atoms with Gasteiger partial charge < -0.3 is 4.98 Å². The number of fused-ring (bicyclic) bond motifs is 1. The quantitative estimate of drug-likeness (QED) is 0.418. The number of Topliss-reactive ketones (excluding diaryl/α,β-unsaturated/α-hetero) is 1. The molecule has 3 aromatic rings. The molecule has 0 amide bonds. The number of carbonyl (C=O) groups is 1. The van der Waals surface area contributed by atoms with Gasteiger partial charge in [-0.15, -0.1) is 10.2 Å². The van der Waals surface area contributed by atoms with Crippen LogP contribution in [0.5, 0.6) is 0 Å². The summed E-state index contributed by atoms with van der Waals surface area (Å²) in [6.07, 6.45) is 3.85. The van der Waals surface area contributed by atoms with E-state index in [2.05, 4.69) is 41.2 Å². The molecule has 142 valence electrons. The van der Waals surface area contributed by atoms with Crippen LogP contribution in [0.4, 0.5) is 0 Å². The smallest absolute Gasteiger partial charge is 0.262 e. The van der Waals surface area contributed by atoms with Crippen molar-refractivity contribution in [3.8, 4) is 0 Å². The molecule has 0 saturated carbocycles. The van der Waals surface area contributed by atoms with Crippen LogP contribution in [-0.2, 0) is 11.2 Å². The molecule has 4 rings (SSSR count). The van der Waals surface area contributed by atoms with Gasteiger partial charge in [0.05, 0.1) is 24.4 Å². The number of carbonyl (C=O) groups excluding carboxylic acids is 1. The molecule has 1 fully saturated rings. The van der Waals surface area contributed by atoms with Crippen LogP contribution >= 0.6 is 50.8 Å². The van der Waals surface area contributed by atoms with E-state index in [1.807, 2.05) is 16.4 Å². The van der Waals surface area contributed by atoms with Gasteiger partial charge in [0.15, 0.2) is 14.7 Å². The molecule has 1 saturated heterocycles. The lowest BCUT2D eigenvalue weighted by Gasteiger charge is -2.22. The van der Waals surface area contributed by atoms with E-state index in [1.54, 1.807) is 6.20 Å². The van der Waals surface area contributed by atoms with Crippen molar-refractivity contribution in [1.82, 2.24) is 29.9 Å². The van der Waals surface area contributed by atoms with Gasteiger partial charge in [-0.1, -0.05) is 23.1 Å². The number of hydrogen-bond donors (Lipinski definition) is 1. The zero-order valence-electron chi connectivity index (χ0n) is 14.1. The number of ketones is 1. The van der Waals surface area contributed by atoms with Crippen LogP contribution in [0.15, 0.2) is 20.1 Å². The van der Waals surface area contributed by atoms with Crippen molar-refractivity contribution in [2.75, 3.05) is 17.3 Å². The minimum Gasteiger partial charge on any atom is -0.301 e. The molecule has 1 aliphatic heterocycles. The van der Waals surface area contributed by atoms with Gasteiger partial charge in [0.25, 0.3) is 5.56 Å². The van der Waals surface area contributed by atoms with Crippen LogP contribution in [0.2, 0.25) is 0 Å². The number of nitrogens with zero attached hydrogens (tertiary/aromatic N) is 5. The molecule has 8 nitrogen and oxygen atoms in total. The highest BCUT2D eigenvalue weighted by atomic mass is 79.9. The number of H-pyrrole nitrogens is 1. The maximum Gasteiger partial charge on any atom is 0.262 e. The van der Waals surface area contributed by atoms with E-state index in [4.69, 9.17) is 0 Å². The molecule has 4 heterocycles. The summed E-state index contributed by atoms with van der Waals surface area (Å²) in [4.78, 5) is 31.8. The minimum absolute atomic E-state index is 0.00390. The molecule has 0 atom stereocenters. The molecule has 0 radical (unpaired) electrons. The highest BCUT2D eigenvalue weighted by Crippen LogP contribution is 2.28. The summed E-state index contributed by atoms with van der Waals surface area (Å²) in [6.45, 7) is 0. The Hall–Kier alpha value is -1.24. The Morgan fingerprint density at radius 2 is 2.19 bits per heavy atom. The van der Waals surface area contributed by atoms with Crippen molar-refractivity contribution in [3.63, 3.8) is 0 Å². The first-order chi connectivity index (χ1) is 13.1. The number of thioether (sulfide) groups is 2. The third-order valence-electron chi connectivity index (χ3n) is 4.14. The number of aromatic nitrogens is 6. The number of nitrogens with one attached hydrogen (secondary N) is 1. The van der Waals surface area contributed by atoms with E-state index in [1.165, 1.54) is 23.1 Å². The Morgan fingerprint density at radius 3 is 2.93 bits per heavy atom. The first-order valence-corrected chi connectivity index (χ1v) is 12.0. The molecule has 1 N–H and O–H groups in total. The molecule has 0 aliphatic carbocycles. The Balaban J connectivity index is 1.50. The summed E-state index contributed by atoms with van der Waals surface area (Å²) in [6, 6.07) is 0.272. The average molecular weight is 487 g/mol. The van der Waals surface area contributed by atoms with Gasteiger partial charge in [0, 0.05) is 0 Å². The molecule has 0 unspecified atom stereocenters. The normalized spacial score (nSPS) is 15.4. The summed E-state index contributed by atoms with van der Waals surface area (Å²) in [5.41, 5.74) is 0.373. The molecule has 27 heavy (non-hydrogen) atoms. The molecule has 0 bridgehead atoms. The summed E-state index contributed by atoms with van der Waals surface area (Å²) in [5.74, 6) is 2.39. The Bertz CT molecular complexity index is 1030. The van der Waals surface area contributed by atoms with Gasteiger partial charge in [0.2, 0.25) is 0 Å². The third kappa shape index (κ3) is 4.44. The fraction of sp³-hybridized carbons (Fsp3) is 0.467. The largest absolute Gasteiger partial charge is 0.301 e. The second-order valence-corrected chi connectivity index (χ2v) is 10.5. The maximum atomic E-state index is 12.4. The lowest BCUT2D eigenvalue weighted by molar-refractivity contribution is -0.116. The molecular weight excluding hydrogens is 472 g/mol. The van der Waals surface area contributed by atoms with Crippen LogP contribution in [0.25, 0.3) is 11.0 Å². The van der Waals surface area contributed by atoms with Crippen LogP contribution in [0.3, 0.4) is 0 Å². The predicted octanol–water partition coefficient (Wildman–Crippen LogP) is 2.71. The molecule has 0 spiro atoms. The van der Waals surface area contributed by atoms with Crippen molar-refractivity contribution >= 4 is 67.6 Å². The van der Waals surface area contributed by atoms with Crippen LogP contribution in [0, 0.1) is 0 Å². The van der Waals surface area contributed by atoms with E-state index < -0.39 is 0 Å². The van der Waals surface area contributed by atoms with Crippen molar-refractivity contribution in [1.29, 1.82) is 0 Å². The number of hydrogen-bond acceptors (Lipinski definition) is 9. The van der Waals surface area contributed by atoms with Crippen molar-refractivity contribution in [2.45, 2.75) is 30.5 Å². The van der Waals surface area contributed by atoms with Crippen LogP contribution in [-0.4, -0.2) is 53.0 Å². The SMILES string of the molecule is O=C(CSc1nc2c(cnn2C2CCSCC2)c(=O)[nH]1)Cc1nnc(Br)s1. The first-order valence-electron chi connectivity index (χ1n) is 8.28. The van der Waals surface area contributed by atoms with E-state index in [-0.39, 0.29) is 29.6 Å². The predicted molar refractivity (Wildman–Crippen MR) is 111 cm³/mol. The highest BCUT2D eigenvalue weighted by molar-refractivity contribution is 9.11. The van der Waals surface area contributed by atoms with Crippen LogP contribution in [0.1, 0.15) is 23.9 Å². The summed E-state index contributed by atoms with van der Waals surface area (Å²) in [5, 5.41) is 13.8. The van der Waals surface area contributed by atoms with E-state index in [0.29, 0.717) is 25.1 Å². The third-order valence-corrected chi connectivity index (χ3v) is 7.48. The Morgan fingerprint density at radius 1 is 1.37 bits per heavy atom. The fourth-order valence-electron chi connectivity index (χ4n) is 2.85. The lowest BCUT2D eigenvalue weighted by atomic mass is 10.1. The Kier molecular flexibility index (Phi) is 5.95. The highest BCUT2D eigenvalue weighted by Gasteiger charge is 2.20. The topological polar surface area (TPSA) is 106 Å². The number of halogens is 1. The summed E-state index contributed by atoms with van der Waals surface area (Å²) < 4.78 is 2.53. The molecule has 0 aromatic carbocycles. The van der Waals surface area contributed by atoms with Crippen molar-refractivity contribution in [3.05, 3.63) is 25.5 Å². The first kappa shape index (κ1) is 19.1. The van der Waals surface area contributed by atoms with Crippen molar-refractivity contribution < 1.29 is 4.79 Å². The summed E-state index contributed by atoms with van der Waals surface area (Å²) in [7, 11) is 0. The average Bonchev–Trinajstić information content (AvgIpc) is 3.27. The fourth-order valence-corrected chi connectivity index (χ4v) is 5.88. The molecular formula is C15H15BrN6O2S3. The zero-order valence-corrected chi connectivity index (χ0v) is 18.1. The zero-order chi connectivity index (χ0) is 18.8. The Labute approximate surface area is 175 Å². The second kappa shape index (κ2) is 8.41. The van der Waals surface area contributed by atoms with Gasteiger partial charge in [-0.05, 0) is 40.3 Å². The van der Waals surface area contributed by atoms with Crippen LogP contribution < -0.4 is 5.56 Å². The minimum atomic E-state index is -0.223. The van der Waals surface area contributed by atoms with Gasteiger partial charge in [0.1, 0.15) is 16.2 Å². The number of aromatic amines is 1. The van der Waals surface area contributed by atoms with Gasteiger partial charge in [-0.2, -0.15) is 16.9 Å². The standard InChI is InChI=1S/C15H15BrN6O2S3/c16-14-21-20-11(27-14)5-9(23)7-26-15-18-12-10(13(24)19-15)6-17-22(12)8-1-3-25-4-2-8/h6,8H,1-5,7H2,(H,18,19,24). The number of rotatable bonds is 6. The molecule has 3 aromatic heterocycles. The van der Waals surface area contributed by atoms with Gasteiger partial charge >= 0.3 is 0 Å². The van der Waals surface area contributed by atoms with Crippen molar-refractivity contribution in [2.24, 2.45) is 0 Å². The van der Waals surface area contributed by atoms with E-state index >= 15 is 0 Å². The van der Waals surface area contributed by atoms with E-state index in [0.717, 1.165) is 24.3 Å². The second-order valence-electron chi connectivity index (χ2n) is 5.99. The van der Waals surface area contributed by atoms with E-state index in [9.17, 15) is 9.59 Å². The monoisotopic (exact) mass is 486 g/mol. The maximum absolute atomic E-state index is 12.4. The summed E-state index contributed by atoms with van der Waals surface area (Å²) >= 11 is 7.74.